The molecule has 3 heteroatoms. The van der Waals surface area contributed by atoms with Gasteiger partial charge in [-0.25, -0.2) is 0 Å². The summed E-state index contributed by atoms with van der Waals surface area (Å²) in [6.07, 6.45) is 7.87. The molecule has 4 fully saturated rings. The van der Waals surface area contributed by atoms with Crippen LogP contribution < -0.4 is 0 Å². The van der Waals surface area contributed by atoms with Crippen molar-refractivity contribution in [1.82, 2.24) is 0 Å². The van der Waals surface area contributed by atoms with Gasteiger partial charge in [-0.3, -0.25) is 0 Å². The maximum atomic E-state index is 10.7. The molecule has 0 amide bonds. The Morgan fingerprint density at radius 3 is 2.26 bits per heavy atom. The maximum absolute atomic E-state index is 10.7. The van der Waals surface area contributed by atoms with Gasteiger partial charge < -0.3 is 5.11 Å². The molecule has 0 saturated heterocycles. The molecule has 1 atom stereocenters. The van der Waals surface area contributed by atoms with Crippen molar-refractivity contribution in [2.24, 2.45) is 29.6 Å². The van der Waals surface area contributed by atoms with Gasteiger partial charge in [0.15, 0.2) is 0 Å². The van der Waals surface area contributed by atoms with Crippen molar-refractivity contribution in [3.8, 4) is 0 Å². The molecular formula is C16H21BrOS. The first-order valence-electron chi connectivity index (χ1n) is 7.61. The van der Waals surface area contributed by atoms with E-state index in [1.54, 1.807) is 11.3 Å². The van der Waals surface area contributed by atoms with Gasteiger partial charge in [-0.2, -0.15) is 0 Å². The van der Waals surface area contributed by atoms with E-state index < -0.39 is 0 Å². The van der Waals surface area contributed by atoms with Gasteiger partial charge in [0.1, 0.15) is 0 Å². The number of hydrogen-bond donors (Lipinski definition) is 1. The highest BCUT2D eigenvalue weighted by molar-refractivity contribution is 9.11. The summed E-state index contributed by atoms with van der Waals surface area (Å²) < 4.78 is 1.18. The smallest absolute Gasteiger partial charge is 0.0701 e. The van der Waals surface area contributed by atoms with Crippen LogP contribution in [0.5, 0.6) is 0 Å². The van der Waals surface area contributed by atoms with Crippen molar-refractivity contribution < 1.29 is 5.11 Å². The molecule has 4 saturated carbocycles. The summed E-state index contributed by atoms with van der Waals surface area (Å²) >= 11 is 5.29. The molecule has 4 aliphatic rings. The van der Waals surface area contributed by atoms with E-state index in [1.165, 1.54) is 40.8 Å². The van der Waals surface area contributed by atoms with Crippen LogP contribution >= 0.6 is 27.3 Å². The molecule has 1 aromatic heterocycles. The third-order valence-electron chi connectivity index (χ3n) is 5.78. The molecule has 0 spiro atoms. The number of thiophene rings is 1. The lowest BCUT2D eigenvalue weighted by atomic mass is 9.50. The van der Waals surface area contributed by atoms with Crippen molar-refractivity contribution in [3.63, 3.8) is 0 Å². The Bertz CT molecular complexity index is 441. The lowest BCUT2D eigenvalue weighted by Gasteiger charge is -2.55. The zero-order valence-corrected chi connectivity index (χ0v) is 13.5. The van der Waals surface area contributed by atoms with Crippen molar-refractivity contribution in [2.75, 3.05) is 0 Å². The number of aliphatic hydroxyl groups excluding tert-OH is 1. The molecule has 104 valence electrons. The van der Waals surface area contributed by atoms with Gasteiger partial charge in [0, 0.05) is 11.3 Å². The van der Waals surface area contributed by atoms with Crippen molar-refractivity contribution in [3.05, 3.63) is 20.8 Å². The summed E-state index contributed by atoms with van der Waals surface area (Å²) in [7, 11) is 0. The second-order valence-electron chi connectivity index (χ2n) is 6.99. The minimum atomic E-state index is -0.111. The molecule has 1 nitrogen and oxygen atoms in total. The highest BCUT2D eigenvalue weighted by atomic mass is 79.9. The predicted molar refractivity (Wildman–Crippen MR) is 82.3 cm³/mol. The second kappa shape index (κ2) is 4.85. The van der Waals surface area contributed by atoms with Gasteiger partial charge in [0.05, 0.1) is 9.89 Å². The molecule has 1 unspecified atom stereocenters. The summed E-state index contributed by atoms with van der Waals surface area (Å²) in [6, 6.07) is 4.26. The van der Waals surface area contributed by atoms with E-state index in [2.05, 4.69) is 28.1 Å². The summed E-state index contributed by atoms with van der Waals surface area (Å²) in [6.45, 7) is 0. The van der Waals surface area contributed by atoms with Crippen LogP contribution in [0.2, 0.25) is 0 Å². The topological polar surface area (TPSA) is 20.2 Å². The number of hydrogen-bond acceptors (Lipinski definition) is 2. The van der Waals surface area contributed by atoms with Gasteiger partial charge in [-0.1, -0.05) is 0 Å². The van der Waals surface area contributed by atoms with E-state index in [1.807, 2.05) is 0 Å². The van der Waals surface area contributed by atoms with Crippen molar-refractivity contribution in [2.45, 2.75) is 44.6 Å². The summed E-state index contributed by atoms with van der Waals surface area (Å²) in [5, 5.41) is 10.7. The average molecular weight is 341 g/mol. The molecule has 4 aliphatic carbocycles. The van der Waals surface area contributed by atoms with E-state index in [0.29, 0.717) is 5.92 Å². The van der Waals surface area contributed by atoms with Gasteiger partial charge >= 0.3 is 0 Å². The van der Waals surface area contributed by atoms with Crippen LogP contribution in [0.25, 0.3) is 0 Å². The third-order valence-corrected chi connectivity index (χ3v) is 7.43. The first-order valence-corrected chi connectivity index (χ1v) is 9.22. The van der Waals surface area contributed by atoms with E-state index in [4.69, 9.17) is 0 Å². The fraction of sp³-hybridized carbons (Fsp3) is 0.750. The Morgan fingerprint density at radius 2 is 1.74 bits per heavy atom. The minimum Gasteiger partial charge on any atom is -0.392 e. The zero-order chi connectivity index (χ0) is 13.0. The lowest BCUT2D eigenvalue weighted by molar-refractivity contribution is -0.0885. The Labute approximate surface area is 127 Å². The molecule has 0 radical (unpaired) electrons. The normalized spacial score (nSPS) is 41.7. The van der Waals surface area contributed by atoms with Gasteiger partial charge in [-0.15, -0.1) is 11.3 Å². The van der Waals surface area contributed by atoms with Gasteiger partial charge in [-0.05, 0) is 89.8 Å². The fourth-order valence-electron chi connectivity index (χ4n) is 5.40. The SMILES string of the molecule is OC(Cc1ccc(Br)s1)C1C2CC3CC(C2)CC1C3. The monoisotopic (exact) mass is 340 g/mol. The van der Waals surface area contributed by atoms with Gasteiger partial charge in [0.25, 0.3) is 0 Å². The maximum Gasteiger partial charge on any atom is 0.0701 e. The first kappa shape index (κ1) is 12.8. The van der Waals surface area contributed by atoms with Crippen LogP contribution in [0, 0.1) is 29.6 Å². The molecule has 4 bridgehead atoms. The first-order chi connectivity index (χ1) is 9.19. The Balaban J connectivity index is 1.49. The van der Waals surface area contributed by atoms with Crippen LogP contribution in [0.4, 0.5) is 0 Å². The molecule has 1 aromatic rings. The molecular weight excluding hydrogens is 320 g/mol. The van der Waals surface area contributed by atoms with Crippen LogP contribution in [-0.2, 0) is 6.42 Å². The predicted octanol–water partition coefficient (Wildman–Crippen LogP) is 4.49. The molecule has 1 heterocycles. The van der Waals surface area contributed by atoms with Crippen LogP contribution in [0.3, 0.4) is 0 Å². The van der Waals surface area contributed by atoms with Crippen LogP contribution in [0.1, 0.15) is 37.0 Å². The second-order valence-corrected chi connectivity index (χ2v) is 9.53. The number of rotatable bonds is 3. The van der Waals surface area contributed by atoms with E-state index in [9.17, 15) is 5.11 Å². The molecule has 1 N–H and O–H groups in total. The molecule has 0 aliphatic heterocycles. The third kappa shape index (κ3) is 2.32. The highest BCUT2D eigenvalue weighted by Crippen LogP contribution is 2.57. The summed E-state index contributed by atoms with van der Waals surface area (Å²) in [5.41, 5.74) is 0. The van der Waals surface area contributed by atoms with Crippen molar-refractivity contribution >= 4 is 27.3 Å². The Kier molecular flexibility index (Phi) is 3.28. The Hall–Kier alpha value is 0.140. The summed E-state index contributed by atoms with van der Waals surface area (Å²) in [4.78, 5) is 1.33. The lowest BCUT2D eigenvalue weighted by Crippen LogP contribution is -2.49. The standard InChI is InChI=1S/C16H21BrOS/c17-15-2-1-13(19-15)8-14(18)16-11-4-9-3-10(6-11)7-12(16)5-9/h1-2,9-12,14,16,18H,3-8H2. The number of halogens is 1. The van der Waals surface area contributed by atoms with Crippen LogP contribution in [0.15, 0.2) is 15.9 Å². The number of aliphatic hydroxyl groups is 1. The quantitative estimate of drug-likeness (QED) is 0.859. The largest absolute Gasteiger partial charge is 0.392 e. The minimum absolute atomic E-state index is 0.111. The van der Waals surface area contributed by atoms with Crippen LogP contribution in [-0.4, -0.2) is 11.2 Å². The summed E-state index contributed by atoms with van der Waals surface area (Å²) in [5.74, 6) is 4.25. The van der Waals surface area contributed by atoms with E-state index >= 15 is 0 Å². The Morgan fingerprint density at radius 1 is 1.11 bits per heavy atom. The average Bonchev–Trinajstić information content (AvgIpc) is 2.73. The highest BCUT2D eigenvalue weighted by Gasteiger charge is 2.50. The van der Waals surface area contributed by atoms with E-state index in [-0.39, 0.29) is 6.10 Å². The zero-order valence-electron chi connectivity index (χ0n) is 11.1. The molecule has 0 aromatic carbocycles. The fourth-order valence-corrected chi connectivity index (χ4v) is 6.93. The van der Waals surface area contributed by atoms with Crippen molar-refractivity contribution in [1.29, 1.82) is 0 Å². The van der Waals surface area contributed by atoms with E-state index in [0.717, 1.165) is 30.1 Å². The molecule has 19 heavy (non-hydrogen) atoms. The van der Waals surface area contributed by atoms with Gasteiger partial charge in [0.2, 0.25) is 0 Å². The molecule has 5 rings (SSSR count).